The number of aryl methyl sites for hydroxylation is 2. The van der Waals surface area contributed by atoms with Crippen LogP contribution in [0.4, 0.5) is 0 Å². The molecule has 0 amide bonds. The van der Waals surface area contributed by atoms with Crippen LogP contribution in [0, 0.1) is 6.92 Å². The van der Waals surface area contributed by atoms with Crippen LogP contribution in [0.25, 0.3) is 22.2 Å². The van der Waals surface area contributed by atoms with Crippen molar-refractivity contribution in [2.45, 2.75) is 71.8 Å². The molecule has 160 valence electrons. The highest BCUT2D eigenvalue weighted by Gasteiger charge is 2.27. The fourth-order valence-electron chi connectivity index (χ4n) is 4.53. The third-order valence-electron chi connectivity index (χ3n) is 5.94. The molecular weight excluding hydrogens is 378 g/mol. The predicted octanol–water partition coefficient (Wildman–Crippen LogP) is 4.95. The van der Waals surface area contributed by atoms with Gasteiger partial charge in [-0.15, -0.1) is 0 Å². The molecule has 3 heterocycles. The highest BCUT2D eigenvalue weighted by Crippen LogP contribution is 2.38. The van der Waals surface area contributed by atoms with Gasteiger partial charge in [-0.05, 0) is 38.7 Å². The molecule has 3 aromatic heterocycles. The number of fused-ring (bicyclic) bond motifs is 1. The van der Waals surface area contributed by atoms with E-state index in [-0.39, 0.29) is 5.92 Å². The van der Waals surface area contributed by atoms with E-state index in [0.29, 0.717) is 18.3 Å². The van der Waals surface area contributed by atoms with Crippen LogP contribution < -0.4 is 0 Å². The zero-order chi connectivity index (χ0) is 21.4. The standard InChI is InChI=1S/C23H31N5O2/c1-6-30-23(29)19-12-17(18-13-27(5)25-15(18)4)20-21(14(2)3)26-28(22(20)24-19)16-10-8-7-9-11-16/h12-14,16H,6-11H2,1-5H3. The van der Waals surface area contributed by atoms with E-state index in [4.69, 9.17) is 14.8 Å². The molecule has 0 saturated heterocycles. The van der Waals surface area contributed by atoms with Crippen molar-refractivity contribution in [2.24, 2.45) is 7.05 Å². The molecule has 1 fully saturated rings. The smallest absolute Gasteiger partial charge is 0.357 e. The lowest BCUT2D eigenvalue weighted by Crippen LogP contribution is -2.16. The topological polar surface area (TPSA) is 74.8 Å². The average molecular weight is 410 g/mol. The summed E-state index contributed by atoms with van der Waals surface area (Å²) in [5.74, 6) is -0.159. The molecule has 0 unspecified atom stereocenters. The van der Waals surface area contributed by atoms with Gasteiger partial charge >= 0.3 is 5.97 Å². The number of rotatable bonds is 5. The molecule has 1 aliphatic rings. The van der Waals surface area contributed by atoms with Crippen molar-refractivity contribution in [3.05, 3.63) is 29.3 Å². The van der Waals surface area contributed by atoms with Gasteiger partial charge in [-0.2, -0.15) is 10.2 Å². The van der Waals surface area contributed by atoms with Gasteiger partial charge in [-0.3, -0.25) is 4.68 Å². The van der Waals surface area contributed by atoms with Crippen molar-refractivity contribution in [1.82, 2.24) is 24.5 Å². The molecule has 0 N–H and O–H groups in total. The van der Waals surface area contributed by atoms with Gasteiger partial charge in [0.1, 0.15) is 0 Å². The van der Waals surface area contributed by atoms with Gasteiger partial charge in [0, 0.05) is 24.4 Å². The van der Waals surface area contributed by atoms with Crippen molar-refractivity contribution < 1.29 is 9.53 Å². The van der Waals surface area contributed by atoms with Gasteiger partial charge in [0.2, 0.25) is 0 Å². The van der Waals surface area contributed by atoms with Crippen LogP contribution in [0.5, 0.6) is 0 Å². The second-order valence-corrected chi connectivity index (χ2v) is 8.55. The van der Waals surface area contributed by atoms with Crippen molar-refractivity contribution >= 4 is 17.0 Å². The molecule has 3 aromatic rings. The first kappa shape index (κ1) is 20.6. The van der Waals surface area contributed by atoms with Gasteiger partial charge in [0.25, 0.3) is 0 Å². The molecule has 0 atom stereocenters. The fraction of sp³-hybridized carbons (Fsp3) is 0.565. The minimum absolute atomic E-state index is 0.239. The molecule has 0 aromatic carbocycles. The van der Waals surface area contributed by atoms with Crippen molar-refractivity contribution in [3.8, 4) is 11.1 Å². The Morgan fingerprint density at radius 1 is 1.20 bits per heavy atom. The summed E-state index contributed by atoms with van der Waals surface area (Å²) in [6.45, 7) is 8.44. The summed E-state index contributed by atoms with van der Waals surface area (Å²) in [5.41, 5.74) is 5.01. The SMILES string of the molecule is CCOC(=O)c1cc(-c2cn(C)nc2C)c2c(C(C)C)nn(C3CCCCC3)c2n1. The number of nitrogens with zero attached hydrogens (tertiary/aromatic N) is 5. The average Bonchev–Trinajstić information content (AvgIpc) is 3.28. The van der Waals surface area contributed by atoms with Crippen LogP contribution >= 0.6 is 0 Å². The zero-order valence-corrected chi connectivity index (χ0v) is 18.6. The number of pyridine rings is 1. The molecule has 7 nitrogen and oxygen atoms in total. The largest absolute Gasteiger partial charge is 0.461 e. The molecule has 0 spiro atoms. The maximum absolute atomic E-state index is 12.7. The summed E-state index contributed by atoms with van der Waals surface area (Å²) in [6, 6.07) is 2.17. The maximum Gasteiger partial charge on any atom is 0.357 e. The van der Waals surface area contributed by atoms with E-state index in [1.165, 1.54) is 19.3 Å². The van der Waals surface area contributed by atoms with E-state index in [1.807, 2.05) is 37.8 Å². The van der Waals surface area contributed by atoms with Crippen molar-refractivity contribution in [1.29, 1.82) is 0 Å². The minimum Gasteiger partial charge on any atom is -0.461 e. The number of esters is 1. The molecule has 4 rings (SSSR count). The quantitative estimate of drug-likeness (QED) is 0.558. The van der Waals surface area contributed by atoms with Gasteiger partial charge < -0.3 is 4.74 Å². The molecule has 30 heavy (non-hydrogen) atoms. The van der Waals surface area contributed by atoms with Gasteiger partial charge in [-0.1, -0.05) is 33.1 Å². The number of aromatic nitrogens is 5. The van der Waals surface area contributed by atoms with Gasteiger partial charge in [-0.25, -0.2) is 14.5 Å². The first-order valence-corrected chi connectivity index (χ1v) is 11.0. The number of carbonyl (C=O) groups excluding carboxylic acids is 1. The molecule has 7 heteroatoms. The second-order valence-electron chi connectivity index (χ2n) is 8.55. The number of hydrogen-bond acceptors (Lipinski definition) is 5. The Hall–Kier alpha value is -2.70. The summed E-state index contributed by atoms with van der Waals surface area (Å²) >= 11 is 0. The molecule has 0 bridgehead atoms. The maximum atomic E-state index is 12.7. The number of hydrogen-bond donors (Lipinski definition) is 0. The van der Waals surface area contributed by atoms with Gasteiger partial charge in [0.05, 0.1) is 29.4 Å². The van der Waals surface area contributed by atoms with E-state index < -0.39 is 5.97 Å². The lowest BCUT2D eigenvalue weighted by atomic mass is 9.95. The molecule has 0 radical (unpaired) electrons. The van der Waals surface area contributed by atoms with Crippen LogP contribution in [-0.2, 0) is 11.8 Å². The molecular formula is C23H31N5O2. The Balaban J connectivity index is 2.03. The van der Waals surface area contributed by atoms with E-state index in [0.717, 1.165) is 46.4 Å². The summed E-state index contributed by atoms with van der Waals surface area (Å²) < 4.78 is 9.18. The third kappa shape index (κ3) is 3.61. The zero-order valence-electron chi connectivity index (χ0n) is 18.6. The lowest BCUT2D eigenvalue weighted by Gasteiger charge is -2.22. The lowest BCUT2D eigenvalue weighted by molar-refractivity contribution is 0.0520. The van der Waals surface area contributed by atoms with Crippen LogP contribution in [0.1, 0.15) is 86.7 Å². The van der Waals surface area contributed by atoms with Crippen LogP contribution in [0.3, 0.4) is 0 Å². The molecule has 1 saturated carbocycles. The fourth-order valence-corrected chi connectivity index (χ4v) is 4.53. The van der Waals surface area contributed by atoms with E-state index in [9.17, 15) is 4.79 Å². The summed E-state index contributed by atoms with van der Waals surface area (Å²) in [7, 11) is 1.91. The Labute approximate surface area is 177 Å². The minimum atomic E-state index is -0.398. The van der Waals surface area contributed by atoms with E-state index >= 15 is 0 Å². The Bertz CT molecular complexity index is 1070. The predicted molar refractivity (Wildman–Crippen MR) is 117 cm³/mol. The Morgan fingerprint density at radius 2 is 1.93 bits per heavy atom. The third-order valence-corrected chi connectivity index (χ3v) is 5.94. The van der Waals surface area contributed by atoms with Crippen LogP contribution in [0.15, 0.2) is 12.3 Å². The van der Waals surface area contributed by atoms with E-state index in [2.05, 4.69) is 23.6 Å². The molecule has 1 aliphatic carbocycles. The van der Waals surface area contributed by atoms with Crippen molar-refractivity contribution in [3.63, 3.8) is 0 Å². The first-order valence-electron chi connectivity index (χ1n) is 11.0. The summed E-state index contributed by atoms with van der Waals surface area (Å²) in [5, 5.41) is 10.6. The highest BCUT2D eigenvalue weighted by molar-refractivity contribution is 6.00. The highest BCUT2D eigenvalue weighted by atomic mass is 16.5. The monoisotopic (exact) mass is 409 g/mol. The second kappa shape index (κ2) is 8.20. The summed E-state index contributed by atoms with van der Waals surface area (Å²) in [6.07, 6.45) is 7.88. The van der Waals surface area contributed by atoms with E-state index in [1.54, 1.807) is 0 Å². The number of ether oxygens (including phenoxy) is 1. The Kier molecular flexibility index (Phi) is 5.62. The Morgan fingerprint density at radius 3 is 2.53 bits per heavy atom. The number of carbonyl (C=O) groups is 1. The van der Waals surface area contributed by atoms with Crippen molar-refractivity contribution in [2.75, 3.05) is 6.61 Å². The normalized spacial score (nSPS) is 15.3. The van der Waals surface area contributed by atoms with Crippen LogP contribution in [-0.4, -0.2) is 37.1 Å². The summed E-state index contributed by atoms with van der Waals surface area (Å²) in [4.78, 5) is 17.4. The molecule has 0 aliphatic heterocycles. The van der Waals surface area contributed by atoms with Gasteiger partial charge in [0.15, 0.2) is 11.3 Å². The first-order chi connectivity index (χ1) is 14.4. The van der Waals surface area contributed by atoms with Crippen LogP contribution in [0.2, 0.25) is 0 Å².